The van der Waals surface area contributed by atoms with Crippen LogP contribution in [0.15, 0.2) is 110 Å². The number of fused-ring (bicyclic) bond motifs is 2. The summed E-state index contributed by atoms with van der Waals surface area (Å²) in [5.41, 5.74) is 8.42. The summed E-state index contributed by atoms with van der Waals surface area (Å²) in [6, 6.07) is 29.3. The number of hydrogen-bond donors (Lipinski definition) is 0. The van der Waals surface area contributed by atoms with Crippen LogP contribution in [0.2, 0.25) is 0 Å². The van der Waals surface area contributed by atoms with Gasteiger partial charge in [0.2, 0.25) is 0 Å². The van der Waals surface area contributed by atoms with Gasteiger partial charge >= 0.3 is 0 Å². The first-order chi connectivity index (χ1) is 17.8. The molecule has 4 nitrogen and oxygen atoms in total. The van der Waals surface area contributed by atoms with Gasteiger partial charge in [0.1, 0.15) is 10.0 Å². The van der Waals surface area contributed by atoms with Crippen molar-refractivity contribution >= 4 is 43.1 Å². The van der Waals surface area contributed by atoms with Crippen LogP contribution in [0.25, 0.3) is 63.8 Å². The van der Waals surface area contributed by atoms with Gasteiger partial charge in [0.15, 0.2) is 0 Å². The van der Waals surface area contributed by atoms with E-state index in [4.69, 9.17) is 9.97 Å². The highest BCUT2D eigenvalue weighted by atomic mass is 32.1. The Bertz CT molecular complexity index is 1670. The quantitative estimate of drug-likeness (QED) is 0.245. The molecule has 0 N–H and O–H groups in total. The van der Waals surface area contributed by atoms with Crippen LogP contribution in [0, 0.1) is 0 Å². The summed E-state index contributed by atoms with van der Waals surface area (Å²) in [4.78, 5) is 18.7. The minimum Gasteiger partial charge on any atom is -0.263 e. The van der Waals surface area contributed by atoms with Crippen molar-refractivity contribution in [2.24, 2.45) is 0 Å². The van der Waals surface area contributed by atoms with Crippen LogP contribution in [-0.2, 0) is 0 Å². The molecule has 7 rings (SSSR count). The summed E-state index contributed by atoms with van der Waals surface area (Å²) in [5.74, 6) is 0. The maximum absolute atomic E-state index is 4.80. The fourth-order valence-corrected chi connectivity index (χ4v) is 6.19. The van der Waals surface area contributed by atoms with E-state index < -0.39 is 0 Å². The fraction of sp³-hybridized carbons (Fsp3) is 0. The number of aromatic nitrogens is 4. The topological polar surface area (TPSA) is 51.6 Å². The first-order valence-corrected chi connectivity index (χ1v) is 13.2. The third-order valence-electron chi connectivity index (χ3n) is 6.09. The number of para-hydroxylation sites is 2. The van der Waals surface area contributed by atoms with Gasteiger partial charge in [0.05, 0.1) is 20.4 Å². The molecule has 0 fully saturated rings. The van der Waals surface area contributed by atoms with Crippen LogP contribution < -0.4 is 0 Å². The predicted octanol–water partition coefficient (Wildman–Crippen LogP) is 8.36. The Kier molecular flexibility index (Phi) is 5.12. The number of rotatable bonds is 4. The Morgan fingerprint density at radius 2 is 0.861 bits per heavy atom. The van der Waals surface area contributed by atoms with Gasteiger partial charge in [-0.1, -0.05) is 42.5 Å². The Hall–Kier alpha value is -4.26. The van der Waals surface area contributed by atoms with Crippen LogP contribution in [0.4, 0.5) is 0 Å². The van der Waals surface area contributed by atoms with E-state index in [1.165, 1.54) is 9.40 Å². The molecule has 4 heterocycles. The zero-order valence-electron chi connectivity index (χ0n) is 19.0. The van der Waals surface area contributed by atoms with E-state index in [2.05, 4.69) is 58.5 Å². The molecule has 0 unspecified atom stereocenters. The molecule has 0 spiro atoms. The minimum atomic E-state index is 0.981. The molecule has 0 saturated heterocycles. The molecule has 6 heteroatoms. The maximum Gasteiger partial charge on any atom is 0.126 e. The highest BCUT2D eigenvalue weighted by molar-refractivity contribution is 7.22. The van der Waals surface area contributed by atoms with Crippen molar-refractivity contribution in [2.45, 2.75) is 0 Å². The average molecular weight is 499 g/mol. The van der Waals surface area contributed by atoms with Gasteiger partial charge in [0, 0.05) is 47.0 Å². The molecule has 0 saturated carbocycles. The third-order valence-corrected chi connectivity index (χ3v) is 8.26. The van der Waals surface area contributed by atoms with Crippen molar-refractivity contribution in [3.63, 3.8) is 0 Å². The molecule has 3 aromatic carbocycles. The van der Waals surface area contributed by atoms with Gasteiger partial charge in [-0.05, 0) is 53.6 Å². The number of hydrogen-bond acceptors (Lipinski definition) is 6. The Morgan fingerprint density at radius 3 is 1.36 bits per heavy atom. The highest BCUT2D eigenvalue weighted by Crippen LogP contribution is 2.34. The second-order valence-electron chi connectivity index (χ2n) is 8.48. The van der Waals surface area contributed by atoms with Gasteiger partial charge in [-0.15, -0.1) is 22.7 Å². The molecule has 0 bridgehead atoms. The Labute approximate surface area is 215 Å². The number of thiazole rings is 2. The SMILES string of the molecule is c1cc(-c2cncc(-c3nc4ccccc4s3)c2)cc(-c2cncc(-c3nc4ccccc4s3)c2)c1. The van der Waals surface area contributed by atoms with Gasteiger partial charge in [-0.2, -0.15) is 0 Å². The summed E-state index contributed by atoms with van der Waals surface area (Å²) in [5, 5.41) is 1.96. The summed E-state index contributed by atoms with van der Waals surface area (Å²) < 4.78 is 2.36. The second kappa shape index (κ2) is 8.75. The second-order valence-corrected chi connectivity index (χ2v) is 10.5. The molecule has 0 aliphatic rings. The van der Waals surface area contributed by atoms with E-state index in [1.54, 1.807) is 22.7 Å². The number of benzene rings is 3. The van der Waals surface area contributed by atoms with Crippen LogP contribution in [-0.4, -0.2) is 19.9 Å². The summed E-state index contributed by atoms with van der Waals surface area (Å²) >= 11 is 3.38. The molecule has 0 amide bonds. The van der Waals surface area contributed by atoms with E-state index in [0.717, 1.165) is 54.4 Å². The molecule has 7 aromatic rings. The highest BCUT2D eigenvalue weighted by Gasteiger charge is 2.11. The maximum atomic E-state index is 4.80. The normalized spacial score (nSPS) is 11.3. The van der Waals surface area contributed by atoms with Gasteiger partial charge in [-0.25, -0.2) is 9.97 Å². The Morgan fingerprint density at radius 1 is 0.417 bits per heavy atom. The lowest BCUT2D eigenvalue weighted by Gasteiger charge is -2.08. The summed E-state index contributed by atoms with van der Waals surface area (Å²) in [6.45, 7) is 0. The fourth-order valence-electron chi connectivity index (χ4n) is 4.30. The zero-order chi connectivity index (χ0) is 23.9. The number of pyridine rings is 2. The molecule has 4 aromatic heterocycles. The van der Waals surface area contributed by atoms with Crippen molar-refractivity contribution in [3.05, 3.63) is 110 Å². The largest absolute Gasteiger partial charge is 0.263 e. The minimum absolute atomic E-state index is 0.981. The first-order valence-electron chi connectivity index (χ1n) is 11.5. The molecular weight excluding hydrogens is 480 g/mol. The van der Waals surface area contributed by atoms with Gasteiger partial charge in [-0.3, -0.25) is 9.97 Å². The first kappa shape index (κ1) is 21.1. The van der Waals surface area contributed by atoms with Crippen LogP contribution in [0.5, 0.6) is 0 Å². The molecule has 36 heavy (non-hydrogen) atoms. The van der Waals surface area contributed by atoms with Crippen molar-refractivity contribution < 1.29 is 0 Å². The van der Waals surface area contributed by atoms with Crippen molar-refractivity contribution in [2.75, 3.05) is 0 Å². The van der Waals surface area contributed by atoms with Crippen LogP contribution in [0.3, 0.4) is 0 Å². The number of nitrogens with zero attached hydrogens (tertiary/aromatic N) is 4. The summed E-state index contributed by atoms with van der Waals surface area (Å²) in [6.07, 6.45) is 7.59. The molecule has 170 valence electrons. The molecule has 0 aliphatic carbocycles. The third kappa shape index (κ3) is 3.86. The van der Waals surface area contributed by atoms with Gasteiger partial charge < -0.3 is 0 Å². The Balaban J connectivity index is 1.24. The predicted molar refractivity (Wildman–Crippen MR) is 150 cm³/mol. The van der Waals surface area contributed by atoms with Crippen LogP contribution in [0.1, 0.15) is 0 Å². The van der Waals surface area contributed by atoms with Crippen LogP contribution >= 0.6 is 22.7 Å². The smallest absolute Gasteiger partial charge is 0.126 e. The van der Waals surface area contributed by atoms with E-state index in [1.807, 2.05) is 61.2 Å². The van der Waals surface area contributed by atoms with E-state index >= 15 is 0 Å². The van der Waals surface area contributed by atoms with Gasteiger partial charge in [0.25, 0.3) is 0 Å². The molecule has 0 radical (unpaired) electrons. The lowest BCUT2D eigenvalue weighted by atomic mass is 9.99. The van der Waals surface area contributed by atoms with E-state index in [-0.39, 0.29) is 0 Å². The molecular formula is C30H18N4S2. The van der Waals surface area contributed by atoms with E-state index in [9.17, 15) is 0 Å². The summed E-state index contributed by atoms with van der Waals surface area (Å²) in [7, 11) is 0. The van der Waals surface area contributed by atoms with E-state index in [0.29, 0.717) is 0 Å². The lowest BCUT2D eigenvalue weighted by Crippen LogP contribution is -1.87. The van der Waals surface area contributed by atoms with Crippen molar-refractivity contribution in [1.82, 2.24) is 19.9 Å². The average Bonchev–Trinajstić information content (AvgIpc) is 3.58. The van der Waals surface area contributed by atoms with Crippen molar-refractivity contribution in [3.8, 4) is 43.4 Å². The zero-order valence-corrected chi connectivity index (χ0v) is 20.6. The molecule has 0 aliphatic heterocycles. The monoisotopic (exact) mass is 498 g/mol. The standard InChI is InChI=1S/C30H18N4S2/c1-3-10-27-25(8-1)33-29(35-27)23-13-21(15-31-17-23)19-6-5-7-20(12-19)22-14-24(18-32-16-22)30-34-26-9-2-4-11-28(26)36-30/h1-18H. The van der Waals surface area contributed by atoms with Crippen molar-refractivity contribution in [1.29, 1.82) is 0 Å². The molecule has 0 atom stereocenters. The lowest BCUT2D eigenvalue weighted by molar-refractivity contribution is 1.31.